The van der Waals surface area contributed by atoms with E-state index in [4.69, 9.17) is 5.84 Å². The zero-order valence-electron chi connectivity index (χ0n) is 14.1. The lowest BCUT2D eigenvalue weighted by atomic mass is 10.1. The minimum atomic E-state index is -0.123. The molecule has 0 aliphatic rings. The average Bonchev–Trinajstić information content (AvgIpc) is 2.61. The summed E-state index contributed by atoms with van der Waals surface area (Å²) in [6, 6.07) is 15.5. The maximum absolute atomic E-state index is 13.0. The molecule has 25 heavy (non-hydrogen) atoms. The number of halogens is 1. The molecule has 0 fully saturated rings. The van der Waals surface area contributed by atoms with Gasteiger partial charge in [-0.1, -0.05) is 46.3 Å². The molecular formula is C18H20BrN5O. The van der Waals surface area contributed by atoms with Crippen molar-refractivity contribution in [1.82, 2.24) is 14.5 Å². The van der Waals surface area contributed by atoms with Gasteiger partial charge in [-0.15, -0.1) is 0 Å². The Morgan fingerprint density at radius 1 is 1.24 bits per heavy atom. The quantitative estimate of drug-likeness (QED) is 0.507. The van der Waals surface area contributed by atoms with Crippen molar-refractivity contribution in [1.29, 1.82) is 0 Å². The largest absolute Gasteiger partial charge is 0.301 e. The molecule has 6 nitrogen and oxygen atoms in total. The minimum Gasteiger partial charge on any atom is -0.301 e. The second kappa shape index (κ2) is 7.35. The van der Waals surface area contributed by atoms with Crippen LogP contribution in [0.25, 0.3) is 10.9 Å². The first-order valence-electron chi connectivity index (χ1n) is 7.89. The Labute approximate surface area is 154 Å². The summed E-state index contributed by atoms with van der Waals surface area (Å²) in [5, 5.41) is 0.555. The highest BCUT2D eigenvalue weighted by molar-refractivity contribution is 9.10. The summed E-state index contributed by atoms with van der Waals surface area (Å²) in [5.41, 5.74) is 4.17. The van der Waals surface area contributed by atoms with Gasteiger partial charge in [0.05, 0.1) is 16.9 Å². The van der Waals surface area contributed by atoms with Crippen LogP contribution in [-0.4, -0.2) is 28.5 Å². The zero-order chi connectivity index (χ0) is 18.0. The van der Waals surface area contributed by atoms with Gasteiger partial charge in [0.15, 0.2) is 0 Å². The number of hydrogen-bond donors (Lipinski definition) is 2. The zero-order valence-corrected chi connectivity index (χ0v) is 15.7. The Hall–Kier alpha value is -2.22. The maximum Gasteiger partial charge on any atom is 0.262 e. The van der Waals surface area contributed by atoms with Gasteiger partial charge in [0.2, 0.25) is 5.95 Å². The van der Waals surface area contributed by atoms with Gasteiger partial charge in [0, 0.05) is 11.0 Å². The van der Waals surface area contributed by atoms with E-state index in [2.05, 4.69) is 43.4 Å². The Balaban J connectivity index is 2.13. The summed E-state index contributed by atoms with van der Waals surface area (Å²) in [7, 11) is 3.98. The normalized spacial score (nSPS) is 12.5. The Morgan fingerprint density at radius 2 is 1.96 bits per heavy atom. The smallest absolute Gasteiger partial charge is 0.262 e. The number of rotatable bonds is 5. The molecule has 2 aromatic carbocycles. The summed E-state index contributed by atoms with van der Waals surface area (Å²) in [4.78, 5) is 19.6. The first-order chi connectivity index (χ1) is 12.0. The van der Waals surface area contributed by atoms with E-state index in [0.717, 1.165) is 10.0 Å². The molecule has 3 aromatic rings. The molecule has 1 heterocycles. The molecular weight excluding hydrogens is 382 g/mol. The van der Waals surface area contributed by atoms with Gasteiger partial charge in [-0.2, -0.15) is 0 Å². The highest BCUT2D eigenvalue weighted by Crippen LogP contribution is 2.22. The van der Waals surface area contributed by atoms with E-state index in [0.29, 0.717) is 23.4 Å². The fourth-order valence-electron chi connectivity index (χ4n) is 2.89. The molecule has 0 saturated heterocycles. The second-order valence-electron chi connectivity index (χ2n) is 6.05. The molecule has 1 unspecified atom stereocenters. The third-order valence-electron chi connectivity index (χ3n) is 4.21. The Morgan fingerprint density at radius 3 is 2.60 bits per heavy atom. The molecule has 0 spiro atoms. The fraction of sp³-hybridized carbons (Fsp3) is 0.222. The molecule has 3 N–H and O–H groups in total. The van der Waals surface area contributed by atoms with Crippen molar-refractivity contribution in [2.45, 2.75) is 12.6 Å². The predicted molar refractivity (Wildman–Crippen MR) is 104 cm³/mol. The van der Waals surface area contributed by atoms with Crippen molar-refractivity contribution < 1.29 is 0 Å². The average molecular weight is 402 g/mol. The van der Waals surface area contributed by atoms with Crippen LogP contribution < -0.4 is 16.8 Å². The first kappa shape index (κ1) is 17.6. The number of benzene rings is 2. The van der Waals surface area contributed by atoms with E-state index >= 15 is 0 Å². The van der Waals surface area contributed by atoms with Crippen molar-refractivity contribution in [2.75, 3.05) is 19.5 Å². The highest BCUT2D eigenvalue weighted by Gasteiger charge is 2.19. The topological polar surface area (TPSA) is 76.2 Å². The monoisotopic (exact) mass is 401 g/mol. The molecule has 0 radical (unpaired) electrons. The number of hydrazine groups is 1. The van der Waals surface area contributed by atoms with Crippen LogP contribution in [-0.2, 0) is 6.54 Å². The summed E-state index contributed by atoms with van der Waals surface area (Å²) in [5.74, 6) is 5.99. The molecule has 0 saturated carbocycles. The van der Waals surface area contributed by atoms with E-state index in [1.807, 2.05) is 38.4 Å². The van der Waals surface area contributed by atoms with Crippen molar-refractivity contribution in [2.24, 2.45) is 5.84 Å². The number of anilines is 1. The van der Waals surface area contributed by atoms with Crippen LogP contribution in [0.2, 0.25) is 0 Å². The number of nitrogen functional groups attached to an aromatic ring is 1. The van der Waals surface area contributed by atoms with Crippen molar-refractivity contribution in [3.05, 3.63) is 68.9 Å². The van der Waals surface area contributed by atoms with Crippen LogP contribution in [0.3, 0.4) is 0 Å². The van der Waals surface area contributed by atoms with E-state index in [-0.39, 0.29) is 11.6 Å². The standard InChI is InChI=1S/C18H20BrN5O/c1-23(2)16(12-6-4-3-5-7-12)11-24-17(25)14-10-13(19)8-9-15(14)21-18(24)22-20/h3-10,16H,11,20H2,1-2H3,(H,21,22). The summed E-state index contributed by atoms with van der Waals surface area (Å²) in [6.07, 6.45) is 0. The molecule has 3 rings (SSSR count). The molecule has 7 heteroatoms. The minimum absolute atomic E-state index is 0.0115. The van der Waals surface area contributed by atoms with Crippen LogP contribution >= 0.6 is 15.9 Å². The highest BCUT2D eigenvalue weighted by atomic mass is 79.9. The molecule has 0 aliphatic heterocycles. The molecule has 130 valence electrons. The van der Waals surface area contributed by atoms with Gasteiger partial charge in [0.1, 0.15) is 0 Å². The number of fused-ring (bicyclic) bond motifs is 1. The van der Waals surface area contributed by atoms with Gasteiger partial charge in [-0.05, 0) is 37.9 Å². The lowest BCUT2D eigenvalue weighted by Crippen LogP contribution is -2.33. The van der Waals surface area contributed by atoms with Gasteiger partial charge in [-0.25, -0.2) is 10.8 Å². The van der Waals surface area contributed by atoms with Gasteiger partial charge in [0.25, 0.3) is 5.56 Å². The van der Waals surface area contributed by atoms with E-state index in [1.165, 1.54) is 0 Å². The summed E-state index contributed by atoms with van der Waals surface area (Å²) < 4.78 is 2.43. The van der Waals surface area contributed by atoms with Crippen LogP contribution in [0.4, 0.5) is 5.95 Å². The van der Waals surface area contributed by atoms with E-state index in [1.54, 1.807) is 16.7 Å². The molecule has 1 atom stereocenters. The van der Waals surface area contributed by atoms with Gasteiger partial charge >= 0.3 is 0 Å². The van der Waals surface area contributed by atoms with Gasteiger partial charge < -0.3 is 4.90 Å². The number of hydrogen-bond acceptors (Lipinski definition) is 5. The lowest BCUT2D eigenvalue weighted by Gasteiger charge is -2.26. The molecule has 0 bridgehead atoms. The third-order valence-corrected chi connectivity index (χ3v) is 4.70. The fourth-order valence-corrected chi connectivity index (χ4v) is 3.25. The molecule has 1 aromatic heterocycles. The predicted octanol–water partition coefficient (Wildman–Crippen LogP) is 2.75. The number of aromatic nitrogens is 2. The molecule has 0 amide bonds. The van der Waals surface area contributed by atoms with Crippen LogP contribution in [0, 0.1) is 0 Å². The van der Waals surface area contributed by atoms with Crippen molar-refractivity contribution in [3.8, 4) is 0 Å². The number of likely N-dealkylation sites (N-methyl/N-ethyl adjacent to an activating group) is 1. The summed E-state index contributed by atoms with van der Waals surface area (Å²) in [6.45, 7) is 0.435. The van der Waals surface area contributed by atoms with Crippen LogP contribution in [0.1, 0.15) is 11.6 Å². The number of nitrogens with zero attached hydrogens (tertiary/aromatic N) is 3. The number of nitrogens with one attached hydrogen (secondary N) is 1. The Kier molecular flexibility index (Phi) is 5.17. The SMILES string of the molecule is CN(C)C(Cn1c(NN)nc2ccc(Br)cc2c1=O)c1ccccc1. The first-order valence-corrected chi connectivity index (χ1v) is 8.68. The molecule has 0 aliphatic carbocycles. The van der Waals surface area contributed by atoms with Gasteiger partial charge in [-0.3, -0.25) is 14.8 Å². The third kappa shape index (κ3) is 3.58. The second-order valence-corrected chi connectivity index (χ2v) is 6.96. The lowest BCUT2D eigenvalue weighted by molar-refractivity contribution is 0.267. The Bertz CT molecular complexity index is 939. The van der Waals surface area contributed by atoms with Crippen molar-refractivity contribution in [3.63, 3.8) is 0 Å². The van der Waals surface area contributed by atoms with Crippen LogP contribution in [0.15, 0.2) is 57.8 Å². The van der Waals surface area contributed by atoms with E-state index < -0.39 is 0 Å². The number of nitrogens with two attached hydrogens (primary N) is 1. The summed E-state index contributed by atoms with van der Waals surface area (Å²) >= 11 is 3.41. The van der Waals surface area contributed by atoms with Crippen molar-refractivity contribution >= 4 is 32.8 Å². The van der Waals surface area contributed by atoms with Crippen LogP contribution in [0.5, 0.6) is 0 Å². The maximum atomic E-state index is 13.0. The van der Waals surface area contributed by atoms with E-state index in [9.17, 15) is 4.79 Å².